The number of hydrogen-bond acceptors (Lipinski definition) is 0. The van der Waals surface area contributed by atoms with Crippen LogP contribution in [0, 0.1) is 0 Å². The molecule has 1 aromatic carbocycles. The van der Waals surface area contributed by atoms with E-state index in [1.165, 1.54) is 33.4 Å². The largest absolute Gasteiger partial charge is 0.0692 e. The third kappa shape index (κ3) is 1.69. The fourth-order valence-electron chi connectivity index (χ4n) is 2.87. The predicted molar refractivity (Wildman–Crippen MR) is 78.4 cm³/mol. The van der Waals surface area contributed by atoms with Gasteiger partial charge in [0.1, 0.15) is 0 Å². The van der Waals surface area contributed by atoms with Gasteiger partial charge in [0.2, 0.25) is 0 Å². The lowest BCUT2D eigenvalue weighted by Gasteiger charge is -2.14. The van der Waals surface area contributed by atoms with Crippen LogP contribution in [0.4, 0.5) is 0 Å². The molecule has 90 valence electrons. The molecule has 0 heterocycles. The van der Waals surface area contributed by atoms with E-state index in [-0.39, 0.29) is 0 Å². The Balaban J connectivity index is 2.06. The van der Waals surface area contributed by atoms with Crippen LogP contribution in [0.5, 0.6) is 0 Å². The summed E-state index contributed by atoms with van der Waals surface area (Å²) in [6.07, 6.45) is 9.15. The van der Waals surface area contributed by atoms with E-state index in [1.54, 1.807) is 0 Å². The van der Waals surface area contributed by atoms with Crippen LogP contribution in [0.25, 0.3) is 6.08 Å². The van der Waals surface area contributed by atoms with Crippen LogP contribution < -0.4 is 0 Å². The summed E-state index contributed by atoms with van der Waals surface area (Å²) in [6, 6.07) is 8.72. The Labute approximate surface area is 109 Å². The van der Waals surface area contributed by atoms with E-state index in [0.717, 1.165) is 0 Å². The number of allylic oxidation sites excluding steroid dienone is 7. The highest BCUT2D eigenvalue weighted by molar-refractivity contribution is 5.70. The molecule has 0 amide bonds. The maximum atomic E-state index is 2.33. The van der Waals surface area contributed by atoms with E-state index < -0.39 is 0 Å². The molecule has 2 aliphatic carbocycles. The third-order valence-corrected chi connectivity index (χ3v) is 3.83. The smallest absolute Gasteiger partial charge is 0.0305 e. The molecule has 1 unspecified atom stereocenters. The Kier molecular flexibility index (Phi) is 2.59. The van der Waals surface area contributed by atoms with Gasteiger partial charge >= 0.3 is 0 Å². The van der Waals surface area contributed by atoms with Gasteiger partial charge in [0, 0.05) is 5.92 Å². The summed E-state index contributed by atoms with van der Waals surface area (Å²) in [7, 11) is 0. The van der Waals surface area contributed by atoms with Crippen LogP contribution in [0.15, 0.2) is 64.8 Å². The van der Waals surface area contributed by atoms with Crippen molar-refractivity contribution >= 4 is 6.08 Å². The SMILES string of the molecule is CC1=Cc2ccccc2C1C1=CC(=C(C)C)C=C1. The van der Waals surface area contributed by atoms with Crippen LogP contribution in [0.2, 0.25) is 0 Å². The van der Waals surface area contributed by atoms with Crippen molar-refractivity contribution in [1.82, 2.24) is 0 Å². The summed E-state index contributed by atoms with van der Waals surface area (Å²) in [6.45, 7) is 6.58. The fraction of sp³-hybridized carbons (Fsp3) is 0.222. The standard InChI is InChI=1S/C18H18/c1-12(2)14-8-9-16(11-14)18-13(3)10-15-6-4-5-7-17(15)18/h4-11,18H,1-3H3. The normalized spacial score (nSPS) is 20.8. The molecule has 0 aromatic heterocycles. The molecular weight excluding hydrogens is 216 g/mol. The van der Waals surface area contributed by atoms with Crippen LogP contribution in [-0.2, 0) is 0 Å². The van der Waals surface area contributed by atoms with Crippen molar-refractivity contribution < 1.29 is 0 Å². The molecule has 0 saturated heterocycles. The van der Waals surface area contributed by atoms with Crippen LogP contribution >= 0.6 is 0 Å². The van der Waals surface area contributed by atoms with Crippen LogP contribution in [0.1, 0.15) is 37.8 Å². The predicted octanol–water partition coefficient (Wildman–Crippen LogP) is 5.02. The van der Waals surface area contributed by atoms with Crippen molar-refractivity contribution in [3.63, 3.8) is 0 Å². The second-order valence-corrected chi connectivity index (χ2v) is 5.38. The van der Waals surface area contributed by atoms with Gasteiger partial charge in [-0.05, 0) is 43.0 Å². The molecule has 0 radical (unpaired) electrons. The highest BCUT2D eigenvalue weighted by Crippen LogP contribution is 2.43. The highest BCUT2D eigenvalue weighted by atomic mass is 14.3. The summed E-state index contributed by atoms with van der Waals surface area (Å²) < 4.78 is 0. The first-order chi connectivity index (χ1) is 8.66. The van der Waals surface area contributed by atoms with Crippen LogP contribution in [0.3, 0.4) is 0 Å². The van der Waals surface area contributed by atoms with Crippen molar-refractivity contribution in [2.24, 2.45) is 0 Å². The molecule has 0 aliphatic heterocycles. The molecule has 2 aliphatic rings. The molecule has 3 rings (SSSR count). The molecule has 0 bridgehead atoms. The van der Waals surface area contributed by atoms with Gasteiger partial charge in [0.25, 0.3) is 0 Å². The topological polar surface area (TPSA) is 0 Å². The van der Waals surface area contributed by atoms with Crippen molar-refractivity contribution in [2.75, 3.05) is 0 Å². The van der Waals surface area contributed by atoms with Crippen molar-refractivity contribution in [1.29, 1.82) is 0 Å². The lowest BCUT2D eigenvalue weighted by atomic mass is 9.89. The molecule has 1 atom stereocenters. The van der Waals surface area contributed by atoms with Crippen molar-refractivity contribution in [3.8, 4) is 0 Å². The Morgan fingerprint density at radius 3 is 2.50 bits per heavy atom. The molecule has 0 nitrogen and oxygen atoms in total. The third-order valence-electron chi connectivity index (χ3n) is 3.83. The van der Waals surface area contributed by atoms with E-state index in [1.807, 2.05) is 0 Å². The first-order valence-electron chi connectivity index (χ1n) is 6.51. The van der Waals surface area contributed by atoms with Gasteiger partial charge in [-0.15, -0.1) is 0 Å². The highest BCUT2D eigenvalue weighted by Gasteiger charge is 2.25. The number of hydrogen-bond donors (Lipinski definition) is 0. The van der Waals surface area contributed by atoms with Gasteiger partial charge in [-0.2, -0.15) is 0 Å². The number of fused-ring (bicyclic) bond motifs is 1. The molecule has 0 N–H and O–H groups in total. The monoisotopic (exact) mass is 234 g/mol. The van der Waals surface area contributed by atoms with E-state index in [2.05, 4.69) is 69.3 Å². The summed E-state index contributed by atoms with van der Waals surface area (Å²) >= 11 is 0. The summed E-state index contributed by atoms with van der Waals surface area (Å²) in [4.78, 5) is 0. The molecule has 0 spiro atoms. The van der Waals surface area contributed by atoms with E-state index in [4.69, 9.17) is 0 Å². The van der Waals surface area contributed by atoms with Gasteiger partial charge in [0.05, 0.1) is 0 Å². The molecule has 18 heavy (non-hydrogen) atoms. The van der Waals surface area contributed by atoms with Crippen molar-refractivity contribution in [3.05, 3.63) is 75.9 Å². The van der Waals surface area contributed by atoms with Gasteiger partial charge < -0.3 is 0 Å². The second-order valence-electron chi connectivity index (χ2n) is 5.38. The number of rotatable bonds is 1. The zero-order chi connectivity index (χ0) is 12.7. The van der Waals surface area contributed by atoms with Gasteiger partial charge in [-0.25, -0.2) is 0 Å². The quantitative estimate of drug-likeness (QED) is 0.640. The fourth-order valence-corrected chi connectivity index (χ4v) is 2.87. The van der Waals surface area contributed by atoms with Gasteiger partial charge in [-0.3, -0.25) is 0 Å². The van der Waals surface area contributed by atoms with Crippen LogP contribution in [-0.4, -0.2) is 0 Å². The Bertz CT molecular complexity index is 617. The van der Waals surface area contributed by atoms with Gasteiger partial charge in [0.15, 0.2) is 0 Å². The first kappa shape index (κ1) is 11.3. The lowest BCUT2D eigenvalue weighted by molar-refractivity contribution is 0.980. The molecule has 1 aromatic rings. The average molecular weight is 234 g/mol. The van der Waals surface area contributed by atoms with E-state index >= 15 is 0 Å². The van der Waals surface area contributed by atoms with E-state index in [9.17, 15) is 0 Å². The summed E-state index contributed by atoms with van der Waals surface area (Å²) in [5, 5.41) is 0. The summed E-state index contributed by atoms with van der Waals surface area (Å²) in [5.41, 5.74) is 8.43. The lowest BCUT2D eigenvalue weighted by Crippen LogP contribution is -1.98. The molecule has 0 heteroatoms. The zero-order valence-corrected chi connectivity index (χ0v) is 11.2. The first-order valence-corrected chi connectivity index (χ1v) is 6.51. The molecule has 0 fully saturated rings. The molecular formula is C18H18. The van der Waals surface area contributed by atoms with Crippen molar-refractivity contribution in [2.45, 2.75) is 26.7 Å². The number of benzene rings is 1. The summed E-state index contributed by atoms with van der Waals surface area (Å²) in [5.74, 6) is 0.453. The maximum absolute atomic E-state index is 2.33. The Morgan fingerprint density at radius 1 is 1.00 bits per heavy atom. The minimum Gasteiger partial charge on any atom is -0.0692 e. The average Bonchev–Trinajstić information content (AvgIpc) is 2.91. The Hall–Kier alpha value is -1.82. The van der Waals surface area contributed by atoms with E-state index in [0.29, 0.717) is 5.92 Å². The van der Waals surface area contributed by atoms with Gasteiger partial charge in [-0.1, -0.05) is 59.7 Å². The Morgan fingerprint density at radius 2 is 1.78 bits per heavy atom. The minimum absolute atomic E-state index is 0.453. The maximum Gasteiger partial charge on any atom is 0.0305 e. The molecule has 0 saturated carbocycles. The zero-order valence-electron chi connectivity index (χ0n) is 11.2. The second kappa shape index (κ2) is 4.13. The minimum atomic E-state index is 0.453.